The Kier molecular flexibility index (Phi) is 8.60. The molecule has 2 rings (SSSR count). The normalized spacial score (nSPS) is 9.54. The third kappa shape index (κ3) is 6.85. The number of hydrogen-bond acceptors (Lipinski definition) is 5. The molecule has 0 saturated carbocycles. The molecule has 1 aromatic carbocycles. The van der Waals surface area contributed by atoms with E-state index in [1.165, 1.54) is 12.4 Å². The van der Waals surface area contributed by atoms with Crippen LogP contribution in [0.25, 0.3) is 0 Å². The number of nitrogens with one attached hydrogen (secondary N) is 1. The number of rotatable bonds is 7. The number of carbonyl (C=O) groups excluding carboxylic acids is 2. The van der Waals surface area contributed by atoms with Gasteiger partial charge in [0.1, 0.15) is 12.4 Å². The first kappa shape index (κ1) is 19.7. The van der Waals surface area contributed by atoms with Crippen LogP contribution in [0.2, 0.25) is 5.02 Å². The molecule has 1 amide bonds. The molecule has 8 heteroatoms. The lowest BCUT2D eigenvalue weighted by Crippen LogP contribution is -2.28. The zero-order valence-corrected chi connectivity index (χ0v) is 14.2. The molecule has 0 spiro atoms. The third-order valence-electron chi connectivity index (χ3n) is 2.76. The Balaban J connectivity index is 0.00000288. The average molecular weight is 371 g/mol. The Morgan fingerprint density at radius 1 is 1.08 bits per heavy atom. The lowest BCUT2D eigenvalue weighted by atomic mass is 10.2. The third-order valence-corrected chi connectivity index (χ3v) is 3.02. The predicted molar refractivity (Wildman–Crippen MR) is 91.7 cm³/mol. The van der Waals surface area contributed by atoms with Crippen LogP contribution in [-0.2, 0) is 9.53 Å². The summed E-state index contributed by atoms with van der Waals surface area (Å²) in [7, 11) is 0. The highest BCUT2D eigenvalue weighted by Gasteiger charge is 2.06. The Bertz CT molecular complexity index is 651. The van der Waals surface area contributed by atoms with Gasteiger partial charge in [0.05, 0.1) is 6.54 Å². The zero-order valence-electron chi connectivity index (χ0n) is 12.6. The Hall–Kier alpha value is -2.31. The summed E-state index contributed by atoms with van der Waals surface area (Å²) in [5.41, 5.74) is 0.498. The molecule has 6 nitrogen and oxygen atoms in total. The fourth-order valence-corrected chi connectivity index (χ4v) is 1.78. The van der Waals surface area contributed by atoms with E-state index < -0.39 is 5.97 Å². The summed E-state index contributed by atoms with van der Waals surface area (Å²) in [5.74, 6) is -0.240. The molecular weight excluding hydrogens is 355 g/mol. The highest BCUT2D eigenvalue weighted by atomic mass is 35.5. The number of nitrogens with zero attached hydrogens (tertiary/aromatic N) is 1. The van der Waals surface area contributed by atoms with Crippen LogP contribution in [0.15, 0.2) is 48.8 Å². The molecule has 0 saturated heterocycles. The van der Waals surface area contributed by atoms with E-state index >= 15 is 0 Å². The van der Waals surface area contributed by atoms with Gasteiger partial charge in [0, 0.05) is 23.0 Å². The Labute approximate surface area is 150 Å². The summed E-state index contributed by atoms with van der Waals surface area (Å²) in [6.07, 6.45) is 3.06. The van der Waals surface area contributed by atoms with Crippen LogP contribution in [0.3, 0.4) is 0 Å². The van der Waals surface area contributed by atoms with E-state index in [1.54, 1.807) is 36.4 Å². The predicted octanol–water partition coefficient (Wildman–Crippen LogP) is 2.51. The summed E-state index contributed by atoms with van der Waals surface area (Å²) < 4.78 is 10.2. The molecule has 24 heavy (non-hydrogen) atoms. The number of pyridine rings is 1. The van der Waals surface area contributed by atoms with E-state index in [1.807, 2.05) is 0 Å². The van der Waals surface area contributed by atoms with E-state index in [0.717, 1.165) is 0 Å². The topological polar surface area (TPSA) is 77.5 Å². The molecule has 0 aliphatic carbocycles. The van der Waals surface area contributed by atoms with E-state index in [-0.39, 0.29) is 38.1 Å². The zero-order chi connectivity index (χ0) is 16.5. The van der Waals surface area contributed by atoms with Crippen molar-refractivity contribution in [1.82, 2.24) is 10.3 Å². The number of esters is 1. The van der Waals surface area contributed by atoms with Gasteiger partial charge in [-0.15, -0.1) is 12.4 Å². The van der Waals surface area contributed by atoms with Gasteiger partial charge in [0.25, 0.3) is 5.91 Å². The van der Waals surface area contributed by atoms with Gasteiger partial charge in [0.2, 0.25) is 0 Å². The smallest absolute Gasteiger partial charge is 0.344 e. The molecule has 1 N–H and O–H groups in total. The molecule has 1 heterocycles. The van der Waals surface area contributed by atoms with Crippen LogP contribution < -0.4 is 10.1 Å². The number of aromatic nitrogens is 1. The maximum absolute atomic E-state index is 11.7. The number of carbonyl (C=O) groups is 2. The van der Waals surface area contributed by atoms with Crippen molar-refractivity contribution in [2.75, 3.05) is 19.8 Å². The van der Waals surface area contributed by atoms with E-state index in [2.05, 4.69) is 10.3 Å². The van der Waals surface area contributed by atoms with Gasteiger partial charge in [-0.05, 0) is 36.4 Å². The number of hydrogen-bond donors (Lipinski definition) is 1. The van der Waals surface area contributed by atoms with Crippen molar-refractivity contribution in [2.24, 2.45) is 0 Å². The second-order valence-electron chi connectivity index (χ2n) is 4.45. The fraction of sp³-hybridized carbons (Fsp3) is 0.188. The summed E-state index contributed by atoms with van der Waals surface area (Å²) in [4.78, 5) is 27.0. The number of amides is 1. The molecule has 0 aliphatic heterocycles. The number of benzene rings is 1. The van der Waals surface area contributed by atoms with Gasteiger partial charge in [-0.25, -0.2) is 4.79 Å². The SMILES string of the molecule is Cl.O=C(COc1ccc(Cl)cc1)OCCNC(=O)c1ccncc1. The summed E-state index contributed by atoms with van der Waals surface area (Å²) >= 11 is 5.74. The molecule has 0 fully saturated rings. The Morgan fingerprint density at radius 3 is 2.42 bits per heavy atom. The first-order valence-electron chi connectivity index (χ1n) is 6.87. The summed E-state index contributed by atoms with van der Waals surface area (Å²) in [6, 6.07) is 9.84. The van der Waals surface area contributed by atoms with Crippen LogP contribution in [-0.4, -0.2) is 36.6 Å². The average Bonchev–Trinajstić information content (AvgIpc) is 2.59. The first-order chi connectivity index (χ1) is 11.1. The van der Waals surface area contributed by atoms with E-state index in [4.69, 9.17) is 21.1 Å². The second kappa shape index (κ2) is 10.5. The quantitative estimate of drug-likeness (QED) is 0.598. The van der Waals surface area contributed by atoms with Gasteiger partial charge < -0.3 is 14.8 Å². The molecule has 0 bridgehead atoms. The Morgan fingerprint density at radius 2 is 1.75 bits per heavy atom. The van der Waals surface area contributed by atoms with Crippen LogP contribution in [0, 0.1) is 0 Å². The lowest BCUT2D eigenvalue weighted by Gasteiger charge is -2.08. The minimum absolute atomic E-state index is 0. The van der Waals surface area contributed by atoms with Crippen LogP contribution >= 0.6 is 24.0 Å². The van der Waals surface area contributed by atoms with Crippen molar-refractivity contribution in [3.8, 4) is 5.75 Å². The van der Waals surface area contributed by atoms with Crippen LogP contribution in [0.1, 0.15) is 10.4 Å². The largest absolute Gasteiger partial charge is 0.482 e. The molecular formula is C16H16Cl2N2O4. The fourth-order valence-electron chi connectivity index (χ4n) is 1.65. The highest BCUT2D eigenvalue weighted by molar-refractivity contribution is 6.30. The monoisotopic (exact) mass is 370 g/mol. The highest BCUT2D eigenvalue weighted by Crippen LogP contribution is 2.15. The van der Waals surface area contributed by atoms with Crippen molar-refractivity contribution < 1.29 is 19.1 Å². The van der Waals surface area contributed by atoms with Crippen molar-refractivity contribution in [3.63, 3.8) is 0 Å². The van der Waals surface area contributed by atoms with Crippen molar-refractivity contribution in [3.05, 3.63) is 59.4 Å². The van der Waals surface area contributed by atoms with Crippen molar-refractivity contribution in [2.45, 2.75) is 0 Å². The minimum atomic E-state index is -0.516. The van der Waals surface area contributed by atoms with Gasteiger partial charge in [0.15, 0.2) is 6.61 Å². The van der Waals surface area contributed by atoms with Gasteiger partial charge in [-0.3, -0.25) is 9.78 Å². The second-order valence-corrected chi connectivity index (χ2v) is 4.89. The molecule has 0 atom stereocenters. The number of halogens is 2. The van der Waals surface area contributed by atoms with Gasteiger partial charge >= 0.3 is 5.97 Å². The molecule has 0 unspecified atom stereocenters. The van der Waals surface area contributed by atoms with E-state index in [9.17, 15) is 9.59 Å². The maximum Gasteiger partial charge on any atom is 0.344 e. The summed E-state index contributed by atoms with van der Waals surface area (Å²) in [6.45, 7) is 0.0768. The molecule has 128 valence electrons. The minimum Gasteiger partial charge on any atom is -0.482 e. The van der Waals surface area contributed by atoms with Crippen LogP contribution in [0.4, 0.5) is 0 Å². The van der Waals surface area contributed by atoms with Gasteiger partial charge in [-0.2, -0.15) is 0 Å². The molecule has 0 aliphatic rings. The van der Waals surface area contributed by atoms with Crippen molar-refractivity contribution in [1.29, 1.82) is 0 Å². The standard InChI is InChI=1S/C16H15ClN2O4.ClH/c17-13-1-3-14(4-2-13)23-11-15(20)22-10-9-19-16(21)12-5-7-18-8-6-12;/h1-8H,9-11H2,(H,19,21);1H. The van der Waals surface area contributed by atoms with E-state index in [0.29, 0.717) is 16.3 Å². The molecule has 0 radical (unpaired) electrons. The van der Waals surface area contributed by atoms with Crippen LogP contribution in [0.5, 0.6) is 5.75 Å². The first-order valence-corrected chi connectivity index (χ1v) is 7.25. The molecule has 2 aromatic rings. The molecule has 1 aromatic heterocycles. The maximum atomic E-state index is 11.7. The number of ether oxygens (including phenoxy) is 2. The lowest BCUT2D eigenvalue weighted by molar-refractivity contribution is -0.145. The van der Waals surface area contributed by atoms with Crippen molar-refractivity contribution >= 4 is 35.9 Å². The van der Waals surface area contributed by atoms with Gasteiger partial charge in [-0.1, -0.05) is 11.6 Å². The summed E-state index contributed by atoms with van der Waals surface area (Å²) in [5, 5.41) is 3.22.